The largest absolute Gasteiger partial charge is 0.489 e. The van der Waals surface area contributed by atoms with Crippen molar-refractivity contribution in [1.82, 2.24) is 0 Å². The molecular formula is C17H19BrO. The maximum atomic E-state index is 5.96. The third-order valence-corrected chi connectivity index (χ3v) is 3.84. The molecule has 19 heavy (non-hydrogen) atoms. The maximum absolute atomic E-state index is 5.96. The van der Waals surface area contributed by atoms with Crippen LogP contribution >= 0.6 is 15.9 Å². The second kappa shape index (κ2) is 5.79. The molecule has 0 bridgehead atoms. The number of ether oxygens (including phenoxy) is 1. The van der Waals surface area contributed by atoms with Gasteiger partial charge in [-0.25, -0.2) is 0 Å². The van der Waals surface area contributed by atoms with E-state index in [1.54, 1.807) is 0 Å². The van der Waals surface area contributed by atoms with Gasteiger partial charge in [-0.15, -0.1) is 0 Å². The van der Waals surface area contributed by atoms with Crippen LogP contribution in [0.25, 0.3) is 0 Å². The zero-order chi connectivity index (χ0) is 14.0. The molecule has 0 spiro atoms. The summed E-state index contributed by atoms with van der Waals surface area (Å²) in [4.78, 5) is 0. The predicted molar refractivity (Wildman–Crippen MR) is 83.9 cm³/mol. The van der Waals surface area contributed by atoms with Crippen molar-refractivity contribution in [1.29, 1.82) is 0 Å². The molecule has 2 rings (SSSR count). The molecule has 0 radical (unpaired) electrons. The molecule has 2 heteroatoms. The molecule has 2 aromatic rings. The van der Waals surface area contributed by atoms with E-state index in [2.05, 4.69) is 61.8 Å². The van der Waals surface area contributed by atoms with Crippen LogP contribution in [-0.2, 0) is 6.61 Å². The lowest BCUT2D eigenvalue weighted by molar-refractivity contribution is 0.302. The van der Waals surface area contributed by atoms with Crippen LogP contribution in [0.15, 0.2) is 34.8 Å². The topological polar surface area (TPSA) is 9.23 Å². The van der Waals surface area contributed by atoms with Gasteiger partial charge in [0.2, 0.25) is 0 Å². The summed E-state index contributed by atoms with van der Waals surface area (Å²) in [5.74, 6) is 0.947. The van der Waals surface area contributed by atoms with Crippen LogP contribution in [0, 0.1) is 27.7 Å². The molecule has 0 N–H and O–H groups in total. The number of hydrogen-bond donors (Lipinski definition) is 0. The van der Waals surface area contributed by atoms with Gasteiger partial charge >= 0.3 is 0 Å². The van der Waals surface area contributed by atoms with Crippen LogP contribution in [0.2, 0.25) is 0 Å². The fourth-order valence-corrected chi connectivity index (χ4v) is 2.84. The van der Waals surface area contributed by atoms with Gasteiger partial charge in [0.25, 0.3) is 0 Å². The van der Waals surface area contributed by atoms with Gasteiger partial charge < -0.3 is 4.74 Å². The first kappa shape index (κ1) is 14.1. The highest BCUT2D eigenvalue weighted by Crippen LogP contribution is 2.24. The Morgan fingerprint density at radius 2 is 1.53 bits per heavy atom. The smallest absolute Gasteiger partial charge is 0.122 e. The first-order chi connectivity index (χ1) is 8.97. The lowest BCUT2D eigenvalue weighted by atomic mass is 10.0. The molecule has 0 aromatic heterocycles. The summed E-state index contributed by atoms with van der Waals surface area (Å²) in [6.45, 7) is 9.11. The fourth-order valence-electron chi connectivity index (χ4n) is 2.36. The molecule has 2 aromatic carbocycles. The molecule has 0 amide bonds. The van der Waals surface area contributed by atoms with Crippen molar-refractivity contribution < 1.29 is 4.74 Å². The van der Waals surface area contributed by atoms with Gasteiger partial charge in [0, 0.05) is 4.47 Å². The Labute approximate surface area is 123 Å². The summed E-state index contributed by atoms with van der Waals surface area (Å²) in [5, 5.41) is 0. The van der Waals surface area contributed by atoms with Crippen molar-refractivity contribution in [2.45, 2.75) is 34.3 Å². The molecule has 0 aliphatic heterocycles. The summed E-state index contributed by atoms with van der Waals surface area (Å²) in [6.07, 6.45) is 0. The standard InChI is InChI=1S/C17H19BrO/c1-11-7-12(2)16(13(3)8-11)10-19-17-6-5-15(18)9-14(17)4/h5-9H,10H2,1-4H3. The van der Waals surface area contributed by atoms with Crippen molar-refractivity contribution in [3.63, 3.8) is 0 Å². The summed E-state index contributed by atoms with van der Waals surface area (Å²) in [5.41, 5.74) is 6.34. The van der Waals surface area contributed by atoms with Crippen molar-refractivity contribution >= 4 is 15.9 Å². The van der Waals surface area contributed by atoms with Gasteiger partial charge in [-0.1, -0.05) is 33.6 Å². The summed E-state index contributed by atoms with van der Waals surface area (Å²) < 4.78 is 7.04. The van der Waals surface area contributed by atoms with E-state index in [1.807, 2.05) is 12.1 Å². The number of aryl methyl sites for hydroxylation is 4. The van der Waals surface area contributed by atoms with Crippen LogP contribution < -0.4 is 4.74 Å². The number of hydrogen-bond acceptors (Lipinski definition) is 1. The molecule has 1 nitrogen and oxygen atoms in total. The van der Waals surface area contributed by atoms with Crippen LogP contribution in [0.4, 0.5) is 0 Å². The fraction of sp³-hybridized carbons (Fsp3) is 0.294. The third kappa shape index (κ3) is 3.38. The van der Waals surface area contributed by atoms with Gasteiger partial charge in [0.1, 0.15) is 12.4 Å². The zero-order valence-corrected chi connectivity index (χ0v) is 13.5. The lowest BCUT2D eigenvalue weighted by Crippen LogP contribution is -2.02. The highest BCUT2D eigenvalue weighted by molar-refractivity contribution is 9.10. The zero-order valence-electron chi connectivity index (χ0n) is 11.9. The Morgan fingerprint density at radius 1 is 0.895 bits per heavy atom. The average molecular weight is 319 g/mol. The highest BCUT2D eigenvalue weighted by Gasteiger charge is 2.06. The second-order valence-electron chi connectivity index (χ2n) is 5.08. The Morgan fingerprint density at radius 3 is 2.11 bits per heavy atom. The minimum atomic E-state index is 0.625. The van der Waals surface area contributed by atoms with E-state index in [9.17, 15) is 0 Å². The van der Waals surface area contributed by atoms with Gasteiger partial charge in [0.15, 0.2) is 0 Å². The number of rotatable bonds is 3. The Hall–Kier alpha value is -1.28. The van der Waals surface area contributed by atoms with Crippen LogP contribution in [-0.4, -0.2) is 0 Å². The lowest BCUT2D eigenvalue weighted by Gasteiger charge is -2.14. The Kier molecular flexibility index (Phi) is 4.31. The van der Waals surface area contributed by atoms with E-state index in [1.165, 1.54) is 22.3 Å². The van der Waals surface area contributed by atoms with Gasteiger partial charge in [-0.3, -0.25) is 0 Å². The quantitative estimate of drug-likeness (QED) is 0.749. The molecule has 0 unspecified atom stereocenters. The van der Waals surface area contributed by atoms with E-state index in [-0.39, 0.29) is 0 Å². The monoisotopic (exact) mass is 318 g/mol. The summed E-state index contributed by atoms with van der Waals surface area (Å²) >= 11 is 3.47. The van der Waals surface area contributed by atoms with E-state index in [4.69, 9.17) is 4.74 Å². The first-order valence-electron chi connectivity index (χ1n) is 6.43. The molecule has 0 saturated heterocycles. The van der Waals surface area contributed by atoms with Crippen LogP contribution in [0.5, 0.6) is 5.75 Å². The first-order valence-corrected chi connectivity index (χ1v) is 7.22. The molecule has 0 fully saturated rings. The summed E-state index contributed by atoms with van der Waals surface area (Å²) in [7, 11) is 0. The minimum Gasteiger partial charge on any atom is -0.489 e. The normalized spacial score (nSPS) is 10.6. The van der Waals surface area contributed by atoms with Crippen molar-refractivity contribution in [2.24, 2.45) is 0 Å². The minimum absolute atomic E-state index is 0.625. The SMILES string of the molecule is Cc1cc(C)c(COc2ccc(Br)cc2C)c(C)c1. The van der Waals surface area contributed by atoms with E-state index in [0.717, 1.165) is 15.8 Å². The van der Waals surface area contributed by atoms with Crippen molar-refractivity contribution in [2.75, 3.05) is 0 Å². The molecule has 0 aliphatic rings. The van der Waals surface area contributed by atoms with Gasteiger partial charge in [-0.2, -0.15) is 0 Å². The third-order valence-electron chi connectivity index (χ3n) is 3.35. The maximum Gasteiger partial charge on any atom is 0.122 e. The Bertz CT molecular complexity index is 579. The second-order valence-corrected chi connectivity index (χ2v) is 5.99. The molecular weight excluding hydrogens is 300 g/mol. The van der Waals surface area contributed by atoms with E-state index in [0.29, 0.717) is 6.61 Å². The predicted octanol–water partition coefficient (Wildman–Crippen LogP) is 5.26. The Balaban J connectivity index is 2.19. The van der Waals surface area contributed by atoms with Crippen molar-refractivity contribution in [3.05, 3.63) is 62.6 Å². The molecule has 0 aliphatic carbocycles. The molecule has 0 heterocycles. The molecule has 0 saturated carbocycles. The number of halogens is 1. The molecule has 100 valence electrons. The molecule has 0 atom stereocenters. The van der Waals surface area contributed by atoms with Gasteiger partial charge in [-0.05, 0) is 68.1 Å². The van der Waals surface area contributed by atoms with E-state index >= 15 is 0 Å². The van der Waals surface area contributed by atoms with E-state index < -0.39 is 0 Å². The van der Waals surface area contributed by atoms with Gasteiger partial charge in [0.05, 0.1) is 0 Å². The van der Waals surface area contributed by atoms with Crippen LogP contribution in [0.1, 0.15) is 27.8 Å². The van der Waals surface area contributed by atoms with Crippen molar-refractivity contribution in [3.8, 4) is 5.75 Å². The van der Waals surface area contributed by atoms with Crippen LogP contribution in [0.3, 0.4) is 0 Å². The highest BCUT2D eigenvalue weighted by atomic mass is 79.9. The number of benzene rings is 2. The summed E-state index contributed by atoms with van der Waals surface area (Å²) in [6, 6.07) is 10.5. The average Bonchev–Trinajstić information content (AvgIpc) is 2.30.